The highest BCUT2D eigenvalue weighted by molar-refractivity contribution is 14.1. The Morgan fingerprint density at radius 3 is 2.63 bits per heavy atom. The molecule has 2 aromatic rings. The summed E-state index contributed by atoms with van der Waals surface area (Å²) < 4.78 is 4.31. The Kier molecular flexibility index (Phi) is 4.68. The molecule has 0 aliphatic rings. The SMILES string of the molecule is CC(C)C(CN(C)C)n1c(=S)[nH]c2cc(I)ccc21. The Labute approximate surface area is 133 Å². The van der Waals surface area contributed by atoms with Crippen molar-refractivity contribution < 1.29 is 0 Å². The van der Waals surface area contributed by atoms with E-state index in [-0.39, 0.29) is 0 Å². The Hall–Kier alpha value is -0.400. The maximum Gasteiger partial charge on any atom is 0.178 e. The molecule has 1 atom stereocenters. The van der Waals surface area contributed by atoms with Gasteiger partial charge in [0.15, 0.2) is 4.77 Å². The van der Waals surface area contributed by atoms with E-state index in [1.165, 1.54) is 9.09 Å². The van der Waals surface area contributed by atoms with E-state index in [0.717, 1.165) is 16.8 Å². The van der Waals surface area contributed by atoms with Gasteiger partial charge in [0.05, 0.1) is 17.1 Å². The lowest BCUT2D eigenvalue weighted by Crippen LogP contribution is -2.28. The van der Waals surface area contributed by atoms with Crippen LogP contribution < -0.4 is 0 Å². The molecule has 19 heavy (non-hydrogen) atoms. The van der Waals surface area contributed by atoms with Gasteiger partial charge in [-0.1, -0.05) is 13.8 Å². The summed E-state index contributed by atoms with van der Waals surface area (Å²) in [5.74, 6) is 0.535. The molecule has 0 fully saturated rings. The number of benzene rings is 1. The van der Waals surface area contributed by atoms with Gasteiger partial charge in [-0.15, -0.1) is 0 Å². The van der Waals surface area contributed by atoms with Gasteiger partial charge in [-0.3, -0.25) is 0 Å². The molecule has 3 nitrogen and oxygen atoms in total. The molecule has 1 aromatic heterocycles. The highest BCUT2D eigenvalue weighted by Gasteiger charge is 2.19. The number of nitrogens with one attached hydrogen (secondary N) is 1. The van der Waals surface area contributed by atoms with Crippen molar-refractivity contribution in [2.24, 2.45) is 5.92 Å². The second-order valence-electron chi connectivity index (χ2n) is 5.54. The van der Waals surface area contributed by atoms with Crippen LogP contribution in [-0.4, -0.2) is 35.1 Å². The fraction of sp³-hybridized carbons (Fsp3) is 0.500. The van der Waals surface area contributed by atoms with Crippen LogP contribution in [0.3, 0.4) is 0 Å². The fourth-order valence-corrected chi connectivity index (χ4v) is 3.23. The molecule has 0 saturated heterocycles. The van der Waals surface area contributed by atoms with E-state index >= 15 is 0 Å². The minimum Gasteiger partial charge on any atom is -0.331 e. The minimum absolute atomic E-state index is 0.385. The molecule has 1 N–H and O–H groups in total. The lowest BCUT2D eigenvalue weighted by molar-refractivity contribution is 0.272. The maximum atomic E-state index is 5.53. The zero-order valence-electron chi connectivity index (χ0n) is 11.8. The van der Waals surface area contributed by atoms with E-state index in [2.05, 4.69) is 83.2 Å². The molecule has 1 heterocycles. The zero-order chi connectivity index (χ0) is 14.2. The van der Waals surface area contributed by atoms with Crippen molar-refractivity contribution in [2.45, 2.75) is 19.9 Å². The summed E-state index contributed by atoms with van der Waals surface area (Å²) in [5, 5.41) is 0. The van der Waals surface area contributed by atoms with Crippen molar-refractivity contribution >= 4 is 45.8 Å². The van der Waals surface area contributed by atoms with Crippen LogP contribution in [0.1, 0.15) is 19.9 Å². The Balaban J connectivity index is 2.59. The van der Waals surface area contributed by atoms with Crippen molar-refractivity contribution in [3.05, 3.63) is 26.5 Å². The monoisotopic (exact) mass is 389 g/mol. The number of H-pyrrole nitrogens is 1. The highest BCUT2D eigenvalue weighted by Crippen LogP contribution is 2.26. The van der Waals surface area contributed by atoms with E-state index < -0.39 is 0 Å². The summed E-state index contributed by atoms with van der Waals surface area (Å²) in [4.78, 5) is 5.55. The Bertz CT molecular complexity index is 627. The molecule has 104 valence electrons. The van der Waals surface area contributed by atoms with Gasteiger partial charge in [0, 0.05) is 10.1 Å². The topological polar surface area (TPSA) is 24.0 Å². The number of nitrogens with zero attached hydrogens (tertiary/aromatic N) is 2. The maximum absolute atomic E-state index is 5.53. The molecule has 0 spiro atoms. The first-order chi connectivity index (χ1) is 8.90. The van der Waals surface area contributed by atoms with Crippen molar-refractivity contribution in [1.82, 2.24) is 14.5 Å². The average molecular weight is 389 g/mol. The van der Waals surface area contributed by atoms with Crippen LogP contribution in [0.4, 0.5) is 0 Å². The second kappa shape index (κ2) is 5.93. The number of rotatable bonds is 4. The second-order valence-corrected chi connectivity index (χ2v) is 7.17. The number of halogens is 1. The molecule has 0 bridgehead atoms. The predicted octanol–water partition coefficient (Wildman–Crippen LogP) is 4.06. The third-order valence-electron chi connectivity index (χ3n) is 3.33. The number of fused-ring (bicyclic) bond motifs is 1. The Morgan fingerprint density at radius 2 is 2.05 bits per heavy atom. The van der Waals surface area contributed by atoms with E-state index in [9.17, 15) is 0 Å². The molecular formula is C14H20IN3S. The number of imidazole rings is 1. The third-order valence-corrected chi connectivity index (χ3v) is 4.30. The first-order valence-electron chi connectivity index (χ1n) is 6.44. The molecule has 0 radical (unpaired) electrons. The van der Waals surface area contributed by atoms with Crippen LogP contribution in [0.15, 0.2) is 18.2 Å². The van der Waals surface area contributed by atoms with Gasteiger partial charge in [-0.2, -0.15) is 0 Å². The van der Waals surface area contributed by atoms with E-state index in [1.54, 1.807) is 0 Å². The third kappa shape index (κ3) is 3.20. The van der Waals surface area contributed by atoms with Crippen molar-refractivity contribution in [1.29, 1.82) is 0 Å². The summed E-state index contributed by atoms with van der Waals surface area (Å²) in [5.41, 5.74) is 2.33. The summed E-state index contributed by atoms with van der Waals surface area (Å²) >= 11 is 7.86. The van der Waals surface area contributed by atoms with E-state index in [1.807, 2.05) is 0 Å². The molecular weight excluding hydrogens is 369 g/mol. The lowest BCUT2D eigenvalue weighted by atomic mass is 10.0. The summed E-state index contributed by atoms with van der Waals surface area (Å²) in [6.07, 6.45) is 0. The van der Waals surface area contributed by atoms with Crippen LogP contribution >= 0.6 is 34.8 Å². The fourth-order valence-electron chi connectivity index (χ4n) is 2.40. The lowest BCUT2D eigenvalue weighted by Gasteiger charge is -2.26. The first kappa shape index (κ1) is 15.0. The van der Waals surface area contributed by atoms with Crippen molar-refractivity contribution in [3.63, 3.8) is 0 Å². The Morgan fingerprint density at radius 1 is 1.37 bits per heavy atom. The van der Waals surface area contributed by atoms with Crippen LogP contribution in [0.5, 0.6) is 0 Å². The van der Waals surface area contributed by atoms with Gasteiger partial charge >= 0.3 is 0 Å². The highest BCUT2D eigenvalue weighted by atomic mass is 127. The predicted molar refractivity (Wildman–Crippen MR) is 92.3 cm³/mol. The summed E-state index contributed by atoms with van der Waals surface area (Å²) in [6, 6.07) is 6.83. The number of hydrogen-bond donors (Lipinski definition) is 1. The molecule has 0 aliphatic heterocycles. The largest absolute Gasteiger partial charge is 0.331 e. The van der Waals surface area contributed by atoms with Gasteiger partial charge in [-0.25, -0.2) is 0 Å². The average Bonchev–Trinajstić information content (AvgIpc) is 2.60. The summed E-state index contributed by atoms with van der Waals surface area (Å²) in [6.45, 7) is 5.49. The quantitative estimate of drug-likeness (QED) is 0.630. The number of aromatic nitrogens is 2. The standard InChI is InChI=1S/C14H20IN3S/c1-9(2)13(8-17(3)4)18-12-6-5-10(15)7-11(12)16-14(18)19/h5-7,9,13H,8H2,1-4H3,(H,16,19). The molecule has 1 unspecified atom stereocenters. The zero-order valence-corrected chi connectivity index (χ0v) is 14.7. The first-order valence-corrected chi connectivity index (χ1v) is 7.93. The van der Waals surface area contributed by atoms with Crippen molar-refractivity contribution in [3.8, 4) is 0 Å². The van der Waals surface area contributed by atoms with Gasteiger partial charge in [0.1, 0.15) is 0 Å². The molecule has 2 rings (SSSR count). The van der Waals surface area contributed by atoms with Crippen LogP contribution in [-0.2, 0) is 0 Å². The smallest absolute Gasteiger partial charge is 0.178 e. The van der Waals surface area contributed by atoms with E-state index in [4.69, 9.17) is 12.2 Å². The van der Waals surface area contributed by atoms with Gasteiger partial charge in [0.25, 0.3) is 0 Å². The number of aromatic amines is 1. The van der Waals surface area contributed by atoms with Crippen LogP contribution in [0.2, 0.25) is 0 Å². The van der Waals surface area contributed by atoms with Gasteiger partial charge in [0.2, 0.25) is 0 Å². The van der Waals surface area contributed by atoms with Crippen LogP contribution in [0.25, 0.3) is 11.0 Å². The molecule has 0 aliphatic carbocycles. The number of likely N-dealkylation sites (N-methyl/N-ethyl adjacent to an activating group) is 1. The van der Waals surface area contributed by atoms with E-state index in [0.29, 0.717) is 12.0 Å². The normalized spacial score (nSPS) is 13.6. The van der Waals surface area contributed by atoms with Crippen molar-refractivity contribution in [2.75, 3.05) is 20.6 Å². The number of hydrogen-bond acceptors (Lipinski definition) is 2. The molecule has 0 amide bonds. The van der Waals surface area contributed by atoms with Gasteiger partial charge in [-0.05, 0) is 73.0 Å². The molecule has 5 heteroatoms. The molecule has 0 saturated carbocycles. The molecule has 1 aromatic carbocycles. The summed E-state index contributed by atoms with van der Waals surface area (Å²) in [7, 11) is 4.22. The van der Waals surface area contributed by atoms with Gasteiger partial charge < -0.3 is 14.5 Å². The van der Waals surface area contributed by atoms with Crippen LogP contribution in [0, 0.1) is 14.3 Å². The minimum atomic E-state index is 0.385.